The number of ether oxygens (including phenoxy) is 1. The molecule has 0 unspecified atom stereocenters. The summed E-state index contributed by atoms with van der Waals surface area (Å²) in [6, 6.07) is 5.79. The summed E-state index contributed by atoms with van der Waals surface area (Å²) in [4.78, 5) is 11.1. The molecule has 2 rings (SSSR count). The van der Waals surface area contributed by atoms with E-state index >= 15 is 0 Å². The van der Waals surface area contributed by atoms with Gasteiger partial charge in [0.15, 0.2) is 0 Å². The van der Waals surface area contributed by atoms with Crippen molar-refractivity contribution in [2.24, 2.45) is 0 Å². The van der Waals surface area contributed by atoms with Gasteiger partial charge in [0.1, 0.15) is 0 Å². The number of hydrogen-bond acceptors (Lipinski definition) is 4. The average molecular weight is 312 g/mol. The van der Waals surface area contributed by atoms with Crippen LogP contribution >= 0.6 is 0 Å². The molecule has 0 bridgehead atoms. The highest BCUT2D eigenvalue weighted by atomic mass is 32.2. The minimum Gasteiger partial charge on any atom is -0.377 e. The summed E-state index contributed by atoms with van der Waals surface area (Å²) in [6.07, 6.45) is 1.76. The number of amides is 1. The number of sulfonamides is 1. The van der Waals surface area contributed by atoms with E-state index in [1.807, 2.05) is 0 Å². The minimum atomic E-state index is -3.58. The maximum Gasteiger partial charge on any atom is 0.240 e. The molecule has 0 spiro atoms. The Morgan fingerprint density at radius 2 is 2.00 bits per heavy atom. The Kier molecular flexibility index (Phi) is 4.97. The van der Waals surface area contributed by atoms with Crippen molar-refractivity contribution in [3.05, 3.63) is 24.3 Å². The van der Waals surface area contributed by atoms with Gasteiger partial charge < -0.3 is 10.1 Å². The zero-order valence-corrected chi connectivity index (χ0v) is 12.9. The summed E-state index contributed by atoms with van der Waals surface area (Å²) in [5.41, 5.74) is 0.564. The van der Waals surface area contributed by atoms with Crippen molar-refractivity contribution in [1.29, 1.82) is 0 Å². The molecule has 0 radical (unpaired) electrons. The van der Waals surface area contributed by atoms with E-state index in [2.05, 4.69) is 10.0 Å². The molecule has 2 N–H and O–H groups in total. The minimum absolute atomic E-state index is 0.0709. The molecule has 1 saturated heterocycles. The predicted octanol–water partition coefficient (Wildman–Crippen LogP) is 1.49. The number of anilines is 1. The second-order valence-corrected chi connectivity index (χ2v) is 6.88. The van der Waals surface area contributed by atoms with Crippen molar-refractivity contribution >= 4 is 21.6 Å². The van der Waals surface area contributed by atoms with Crippen LogP contribution in [0.1, 0.15) is 26.7 Å². The molecule has 116 valence electrons. The highest BCUT2D eigenvalue weighted by molar-refractivity contribution is 7.89. The fraction of sp³-hybridized carbons (Fsp3) is 0.500. The first-order valence-corrected chi connectivity index (χ1v) is 8.38. The molecule has 1 aliphatic heterocycles. The van der Waals surface area contributed by atoms with Crippen LogP contribution in [0.15, 0.2) is 29.2 Å². The maximum absolute atomic E-state index is 12.3. The van der Waals surface area contributed by atoms with E-state index in [1.54, 1.807) is 19.1 Å². The molecule has 6 nitrogen and oxygen atoms in total. The smallest absolute Gasteiger partial charge is 0.240 e. The lowest BCUT2D eigenvalue weighted by Crippen LogP contribution is -2.40. The van der Waals surface area contributed by atoms with Gasteiger partial charge >= 0.3 is 0 Å². The third kappa shape index (κ3) is 4.26. The van der Waals surface area contributed by atoms with Crippen molar-refractivity contribution in [1.82, 2.24) is 4.72 Å². The van der Waals surface area contributed by atoms with Crippen LogP contribution in [-0.4, -0.2) is 33.1 Å². The quantitative estimate of drug-likeness (QED) is 0.863. The Morgan fingerprint density at radius 1 is 1.33 bits per heavy atom. The van der Waals surface area contributed by atoms with E-state index in [0.717, 1.165) is 12.8 Å². The van der Waals surface area contributed by atoms with Crippen molar-refractivity contribution in [3.63, 3.8) is 0 Å². The normalized spacial score (nSPS) is 20.2. The molecule has 1 heterocycles. The van der Waals surface area contributed by atoms with Crippen molar-refractivity contribution in [2.45, 2.75) is 43.7 Å². The molecule has 0 aromatic heterocycles. The van der Waals surface area contributed by atoms with Crippen molar-refractivity contribution in [3.8, 4) is 0 Å². The largest absolute Gasteiger partial charge is 0.377 e. The third-order valence-corrected chi connectivity index (χ3v) is 4.92. The Morgan fingerprint density at radius 3 is 2.52 bits per heavy atom. The molecule has 1 aromatic rings. The van der Waals surface area contributed by atoms with Crippen molar-refractivity contribution < 1.29 is 17.9 Å². The van der Waals surface area contributed by atoms with Gasteiger partial charge in [0.25, 0.3) is 0 Å². The van der Waals surface area contributed by atoms with Crippen LogP contribution in [0.25, 0.3) is 0 Å². The van der Waals surface area contributed by atoms with Gasteiger partial charge in [-0.05, 0) is 44.0 Å². The molecule has 1 aromatic carbocycles. The average Bonchev–Trinajstić information content (AvgIpc) is 2.92. The zero-order valence-electron chi connectivity index (χ0n) is 12.1. The molecule has 1 aliphatic rings. The number of carbonyl (C=O) groups is 1. The zero-order chi connectivity index (χ0) is 15.5. The third-order valence-electron chi connectivity index (χ3n) is 3.35. The monoisotopic (exact) mass is 312 g/mol. The number of hydrogen-bond donors (Lipinski definition) is 2. The second kappa shape index (κ2) is 6.55. The van der Waals surface area contributed by atoms with E-state index in [1.165, 1.54) is 19.1 Å². The topological polar surface area (TPSA) is 84.5 Å². The van der Waals surface area contributed by atoms with Crippen LogP contribution in [0.5, 0.6) is 0 Å². The summed E-state index contributed by atoms with van der Waals surface area (Å²) >= 11 is 0. The standard InChI is InChI=1S/C14H20N2O4S/c1-10(14-4-3-9-20-14)16-21(18,19)13-7-5-12(6-8-13)15-11(2)17/h5-8,10,14,16H,3-4,9H2,1-2H3,(H,15,17)/t10-,14+/m1/s1. The highest BCUT2D eigenvalue weighted by Gasteiger charge is 2.26. The Balaban J connectivity index is 2.06. The van der Waals surface area contributed by atoms with Crippen LogP contribution in [0.4, 0.5) is 5.69 Å². The molecule has 0 aliphatic carbocycles. The van der Waals surface area contributed by atoms with E-state index in [0.29, 0.717) is 12.3 Å². The maximum atomic E-state index is 12.3. The first-order valence-electron chi connectivity index (χ1n) is 6.90. The lowest BCUT2D eigenvalue weighted by molar-refractivity contribution is -0.114. The van der Waals surface area contributed by atoms with Gasteiger partial charge in [-0.15, -0.1) is 0 Å². The first-order chi connectivity index (χ1) is 9.88. The van der Waals surface area contributed by atoms with Gasteiger partial charge in [0, 0.05) is 25.3 Å². The summed E-state index contributed by atoms with van der Waals surface area (Å²) in [5, 5.41) is 2.59. The number of nitrogens with one attached hydrogen (secondary N) is 2. The number of carbonyl (C=O) groups excluding carboxylic acids is 1. The SMILES string of the molecule is CC(=O)Nc1ccc(S(=O)(=O)N[C@H](C)[C@@H]2CCCO2)cc1. The Bertz CT molecular complexity index is 592. The molecule has 21 heavy (non-hydrogen) atoms. The highest BCUT2D eigenvalue weighted by Crippen LogP contribution is 2.19. The molecule has 0 saturated carbocycles. The van der Waals surface area contributed by atoms with Gasteiger partial charge in [-0.1, -0.05) is 0 Å². The van der Waals surface area contributed by atoms with Gasteiger partial charge in [-0.2, -0.15) is 0 Å². The second-order valence-electron chi connectivity index (χ2n) is 5.17. The van der Waals surface area contributed by atoms with E-state index < -0.39 is 10.0 Å². The van der Waals surface area contributed by atoms with Crippen LogP contribution in [0.2, 0.25) is 0 Å². The summed E-state index contributed by atoms with van der Waals surface area (Å²) in [7, 11) is -3.58. The number of benzene rings is 1. The van der Waals surface area contributed by atoms with Gasteiger partial charge in [0.05, 0.1) is 11.0 Å². The van der Waals surface area contributed by atoms with Gasteiger partial charge in [-0.25, -0.2) is 13.1 Å². The van der Waals surface area contributed by atoms with Gasteiger partial charge in [-0.3, -0.25) is 4.79 Å². The van der Waals surface area contributed by atoms with Gasteiger partial charge in [0.2, 0.25) is 15.9 Å². The number of rotatable bonds is 5. The van der Waals surface area contributed by atoms with E-state index in [-0.39, 0.29) is 22.9 Å². The van der Waals surface area contributed by atoms with Crippen LogP contribution in [-0.2, 0) is 19.6 Å². The molecule has 7 heteroatoms. The van der Waals surface area contributed by atoms with E-state index in [4.69, 9.17) is 4.74 Å². The summed E-state index contributed by atoms with van der Waals surface area (Å²) in [6.45, 7) is 3.89. The molecule has 2 atom stereocenters. The molecule has 1 amide bonds. The Labute approximate surface area is 124 Å². The lowest BCUT2D eigenvalue weighted by Gasteiger charge is -2.20. The van der Waals surface area contributed by atoms with Crippen LogP contribution in [0, 0.1) is 0 Å². The predicted molar refractivity (Wildman–Crippen MR) is 79.5 cm³/mol. The first kappa shape index (κ1) is 15.9. The summed E-state index contributed by atoms with van der Waals surface area (Å²) < 4.78 is 32.7. The van der Waals surface area contributed by atoms with Crippen LogP contribution < -0.4 is 10.0 Å². The molecular weight excluding hydrogens is 292 g/mol. The fourth-order valence-corrected chi connectivity index (χ4v) is 3.58. The van der Waals surface area contributed by atoms with Crippen LogP contribution in [0.3, 0.4) is 0 Å². The van der Waals surface area contributed by atoms with E-state index in [9.17, 15) is 13.2 Å². The molecule has 1 fully saturated rings. The summed E-state index contributed by atoms with van der Waals surface area (Å²) in [5.74, 6) is -0.198. The molecular formula is C14H20N2O4S. The fourth-order valence-electron chi connectivity index (χ4n) is 2.31. The van der Waals surface area contributed by atoms with Crippen molar-refractivity contribution in [2.75, 3.05) is 11.9 Å². The lowest BCUT2D eigenvalue weighted by atomic mass is 10.1. The Hall–Kier alpha value is -1.44.